The fourth-order valence-corrected chi connectivity index (χ4v) is 5.09. The number of halogens is 8. The first-order chi connectivity index (χ1) is 12.1. The Morgan fingerprint density at radius 3 is 1.50 bits per heavy atom. The second-order valence-electron chi connectivity index (χ2n) is 7.08. The molecule has 5 nitrogen and oxygen atoms in total. The third kappa shape index (κ3) is 5.75. The molecule has 0 N–H and O–H groups in total. The van der Waals surface area contributed by atoms with Crippen LogP contribution in [0, 0.1) is 0 Å². The lowest BCUT2D eigenvalue weighted by atomic mass is 10.1. The van der Waals surface area contributed by atoms with Gasteiger partial charge in [-0.3, -0.25) is 0 Å². The van der Waals surface area contributed by atoms with E-state index < -0.39 is 56.1 Å². The fourth-order valence-electron chi connectivity index (χ4n) is 2.23. The monoisotopic (exact) mass is 450 g/mol. The molecule has 0 unspecified atom stereocenters. The van der Waals surface area contributed by atoms with E-state index in [2.05, 4.69) is 0 Å². The van der Waals surface area contributed by atoms with E-state index in [1.807, 2.05) is 0 Å². The van der Waals surface area contributed by atoms with Crippen LogP contribution in [0.3, 0.4) is 0 Å². The quantitative estimate of drug-likeness (QED) is 0.147. The predicted octanol–water partition coefficient (Wildman–Crippen LogP) is 4.93. The molecule has 0 amide bonds. The van der Waals surface area contributed by atoms with Crippen molar-refractivity contribution in [1.82, 2.24) is 5.06 Å². The Hall–Kier alpha value is -0.543. The van der Waals surface area contributed by atoms with Crippen LogP contribution in [-0.2, 0) is 18.5 Å². The van der Waals surface area contributed by atoms with Gasteiger partial charge in [-0.2, -0.15) is 26.3 Å². The van der Waals surface area contributed by atoms with E-state index in [0.717, 1.165) is 0 Å². The Labute approximate surface area is 158 Å². The topological polar surface area (TPSA) is 50.8 Å². The average molecular weight is 450 g/mol. The van der Waals surface area contributed by atoms with Crippen LogP contribution in [0.15, 0.2) is 0 Å². The summed E-state index contributed by atoms with van der Waals surface area (Å²) in [5, 5.41) is 10.2. The molecule has 0 saturated heterocycles. The van der Waals surface area contributed by atoms with Gasteiger partial charge in [0.25, 0.3) is 0 Å². The van der Waals surface area contributed by atoms with E-state index in [0.29, 0.717) is 13.8 Å². The Balaban J connectivity index is 5.93. The molecule has 0 heterocycles. The number of nitrogens with zero attached hydrogens (tertiary/aromatic N) is 1. The zero-order valence-corrected chi connectivity index (χ0v) is 17.3. The zero-order valence-electron chi connectivity index (χ0n) is 16.3. The molecule has 0 aromatic rings. The second-order valence-corrected chi connectivity index (χ2v) is 9.48. The number of hydrogen-bond acceptors (Lipinski definition) is 4. The minimum absolute atomic E-state index is 0.573. The standard InChI is InChI=1S/C14H24F8NO4Si/c1-8(2)25-28(7,26-9(3)4)27-11(5,6)23(24)14(21,22)13(19,20)12(17,18)10(15)16/h8-10H,1-7H3. The lowest BCUT2D eigenvalue weighted by Crippen LogP contribution is -2.69. The van der Waals surface area contributed by atoms with Crippen molar-refractivity contribution in [2.45, 2.75) is 90.3 Å². The van der Waals surface area contributed by atoms with Crippen LogP contribution in [0.5, 0.6) is 0 Å². The molecule has 0 atom stereocenters. The largest absolute Gasteiger partial charge is 0.499 e. The summed E-state index contributed by atoms with van der Waals surface area (Å²) in [4.78, 5) is 0. The normalized spacial score (nSPS) is 15.4. The summed E-state index contributed by atoms with van der Waals surface area (Å²) in [6.45, 7) is 8.34. The Kier molecular flexibility index (Phi) is 8.51. The van der Waals surface area contributed by atoms with E-state index in [-0.39, 0.29) is 0 Å². The van der Waals surface area contributed by atoms with E-state index in [1.165, 1.54) is 34.2 Å². The number of hydrogen-bond donors (Lipinski definition) is 0. The Morgan fingerprint density at radius 1 is 0.857 bits per heavy atom. The third-order valence-corrected chi connectivity index (χ3v) is 5.82. The summed E-state index contributed by atoms with van der Waals surface area (Å²) < 4.78 is 121. The average Bonchev–Trinajstić information content (AvgIpc) is 2.42. The van der Waals surface area contributed by atoms with Gasteiger partial charge in [0.2, 0.25) is 0 Å². The SMILES string of the molecule is CC(C)O[Si](C)(OC(C)C)OC(C)(C)N([O])C(F)(F)C(F)(F)C(F)(F)C(F)F. The molecule has 169 valence electrons. The molecular weight excluding hydrogens is 426 g/mol. The second kappa shape index (κ2) is 8.68. The maximum Gasteiger partial charge on any atom is 0.499 e. The van der Waals surface area contributed by atoms with E-state index in [1.54, 1.807) is 0 Å². The first-order valence-corrected chi connectivity index (χ1v) is 10.3. The molecule has 0 bridgehead atoms. The van der Waals surface area contributed by atoms with Crippen molar-refractivity contribution in [1.29, 1.82) is 0 Å². The van der Waals surface area contributed by atoms with Crippen LogP contribution >= 0.6 is 0 Å². The van der Waals surface area contributed by atoms with Gasteiger partial charge in [-0.15, -0.1) is 5.21 Å². The molecule has 0 aromatic heterocycles. The van der Waals surface area contributed by atoms with Gasteiger partial charge in [-0.1, -0.05) is 5.06 Å². The molecule has 0 rings (SSSR count). The molecule has 0 fully saturated rings. The number of hydroxylamine groups is 2. The van der Waals surface area contributed by atoms with Gasteiger partial charge in [-0.25, -0.2) is 8.78 Å². The third-order valence-electron chi connectivity index (χ3n) is 3.15. The van der Waals surface area contributed by atoms with Crippen LogP contribution in [0.1, 0.15) is 41.5 Å². The Bertz CT molecular complexity index is 510. The lowest BCUT2D eigenvalue weighted by molar-refractivity contribution is -0.471. The maximum absolute atomic E-state index is 14.0. The van der Waals surface area contributed by atoms with Crippen molar-refractivity contribution in [3.8, 4) is 0 Å². The highest BCUT2D eigenvalue weighted by Crippen LogP contribution is 2.51. The number of alkyl halides is 8. The first kappa shape index (κ1) is 27.5. The van der Waals surface area contributed by atoms with Gasteiger partial charge in [0.1, 0.15) is 5.72 Å². The van der Waals surface area contributed by atoms with Gasteiger partial charge in [0.15, 0.2) is 0 Å². The van der Waals surface area contributed by atoms with Crippen LogP contribution in [0.4, 0.5) is 35.1 Å². The van der Waals surface area contributed by atoms with Gasteiger partial charge in [0.05, 0.1) is 0 Å². The van der Waals surface area contributed by atoms with Crippen LogP contribution in [0.2, 0.25) is 6.55 Å². The van der Waals surface area contributed by atoms with Gasteiger partial charge in [0, 0.05) is 18.8 Å². The summed E-state index contributed by atoms with van der Waals surface area (Å²) in [5.74, 6) is -13.2. The van der Waals surface area contributed by atoms with E-state index in [4.69, 9.17) is 13.3 Å². The van der Waals surface area contributed by atoms with Crippen LogP contribution in [-0.4, -0.2) is 56.1 Å². The molecule has 0 aliphatic rings. The van der Waals surface area contributed by atoms with E-state index in [9.17, 15) is 40.3 Å². The summed E-state index contributed by atoms with van der Waals surface area (Å²) >= 11 is 0. The van der Waals surface area contributed by atoms with Crippen molar-refractivity contribution < 1.29 is 53.6 Å². The van der Waals surface area contributed by atoms with Crippen LogP contribution < -0.4 is 0 Å². The molecular formula is C14H24F8NO4Si. The van der Waals surface area contributed by atoms with Gasteiger partial charge >= 0.3 is 33.1 Å². The molecule has 0 aliphatic carbocycles. The molecule has 0 spiro atoms. The fraction of sp³-hybridized carbons (Fsp3) is 1.00. The van der Waals surface area contributed by atoms with E-state index >= 15 is 0 Å². The zero-order chi connectivity index (χ0) is 22.9. The molecule has 0 aromatic carbocycles. The van der Waals surface area contributed by atoms with Crippen molar-refractivity contribution >= 4 is 8.80 Å². The molecule has 14 heteroatoms. The summed E-state index contributed by atoms with van der Waals surface area (Å²) in [5.41, 5.74) is -2.91. The maximum atomic E-state index is 14.0. The molecule has 28 heavy (non-hydrogen) atoms. The minimum Gasteiger partial charge on any atom is -0.371 e. The van der Waals surface area contributed by atoms with Gasteiger partial charge < -0.3 is 13.3 Å². The smallest absolute Gasteiger partial charge is 0.371 e. The predicted molar refractivity (Wildman–Crippen MR) is 82.6 cm³/mol. The molecule has 0 aliphatic heterocycles. The van der Waals surface area contributed by atoms with Crippen molar-refractivity contribution in [2.24, 2.45) is 0 Å². The highest BCUT2D eigenvalue weighted by Gasteiger charge is 2.79. The summed E-state index contributed by atoms with van der Waals surface area (Å²) in [7, 11) is -3.93. The first-order valence-electron chi connectivity index (χ1n) is 8.09. The Morgan fingerprint density at radius 2 is 1.21 bits per heavy atom. The van der Waals surface area contributed by atoms with Crippen molar-refractivity contribution in [3.05, 3.63) is 0 Å². The molecule has 1 radical (unpaired) electrons. The minimum atomic E-state index is -6.70. The van der Waals surface area contributed by atoms with Crippen molar-refractivity contribution in [3.63, 3.8) is 0 Å². The van der Waals surface area contributed by atoms with Crippen molar-refractivity contribution in [2.75, 3.05) is 0 Å². The highest BCUT2D eigenvalue weighted by atomic mass is 28.4. The summed E-state index contributed by atoms with van der Waals surface area (Å²) in [6, 6.07) is -6.25. The summed E-state index contributed by atoms with van der Waals surface area (Å²) in [6.07, 6.45) is -6.34. The number of rotatable bonds is 11. The highest BCUT2D eigenvalue weighted by molar-refractivity contribution is 6.59. The molecule has 0 saturated carbocycles. The lowest BCUT2D eigenvalue weighted by Gasteiger charge is -2.44. The van der Waals surface area contributed by atoms with Crippen LogP contribution in [0.25, 0.3) is 0 Å². The van der Waals surface area contributed by atoms with Gasteiger partial charge in [-0.05, 0) is 41.5 Å².